The first-order chi connectivity index (χ1) is 18.6. The molecule has 0 bridgehead atoms. The molecule has 2 heterocycles. The number of hydrogen-bond donors (Lipinski definition) is 2. The second-order valence-corrected chi connectivity index (χ2v) is 11.1. The Bertz CT molecular complexity index is 1240. The van der Waals surface area contributed by atoms with Crippen molar-refractivity contribution in [3.8, 4) is 5.75 Å². The van der Waals surface area contributed by atoms with E-state index in [1.54, 1.807) is 31.4 Å². The lowest BCUT2D eigenvalue weighted by atomic mass is 9.75. The second kappa shape index (κ2) is 10.7. The molecular formula is C32H37N3O3. The molecule has 198 valence electrons. The first kappa shape index (κ1) is 24.8. The van der Waals surface area contributed by atoms with Crippen LogP contribution in [0, 0.1) is 17.8 Å². The highest BCUT2D eigenvalue weighted by molar-refractivity contribution is 5.95. The first-order valence-corrected chi connectivity index (χ1v) is 14.1. The van der Waals surface area contributed by atoms with Crippen LogP contribution in [0.2, 0.25) is 0 Å². The molecule has 2 aromatic carbocycles. The molecule has 0 aromatic heterocycles. The number of methoxy groups -OCH3 is 1. The summed E-state index contributed by atoms with van der Waals surface area (Å²) in [7, 11) is 1.61. The molecule has 2 amide bonds. The van der Waals surface area contributed by atoms with Crippen molar-refractivity contribution >= 4 is 17.5 Å². The Morgan fingerprint density at radius 1 is 1.00 bits per heavy atom. The van der Waals surface area contributed by atoms with E-state index < -0.39 is 0 Å². The predicted molar refractivity (Wildman–Crippen MR) is 149 cm³/mol. The Morgan fingerprint density at radius 3 is 2.61 bits per heavy atom. The molecular weight excluding hydrogens is 474 g/mol. The Kier molecular flexibility index (Phi) is 6.96. The maximum absolute atomic E-state index is 14.3. The summed E-state index contributed by atoms with van der Waals surface area (Å²) in [5, 5.41) is 7.07. The highest BCUT2D eigenvalue weighted by Gasteiger charge is 2.49. The fourth-order valence-electron chi connectivity index (χ4n) is 7.11. The van der Waals surface area contributed by atoms with Gasteiger partial charge < -0.3 is 20.3 Å². The van der Waals surface area contributed by atoms with E-state index in [1.807, 2.05) is 0 Å². The monoisotopic (exact) mass is 511 g/mol. The molecule has 2 aliphatic carbocycles. The number of likely N-dealkylation sites (tertiary alicyclic amines) is 1. The molecule has 1 saturated carbocycles. The van der Waals surface area contributed by atoms with Crippen molar-refractivity contribution in [2.24, 2.45) is 17.8 Å². The number of rotatable bonds is 5. The van der Waals surface area contributed by atoms with Gasteiger partial charge in [0.05, 0.1) is 19.1 Å². The van der Waals surface area contributed by atoms with E-state index in [0.29, 0.717) is 23.4 Å². The minimum absolute atomic E-state index is 0.0733. The maximum Gasteiger partial charge on any atom is 0.251 e. The summed E-state index contributed by atoms with van der Waals surface area (Å²) in [6, 6.07) is 15.9. The molecule has 2 aromatic rings. The van der Waals surface area contributed by atoms with Crippen molar-refractivity contribution in [3.63, 3.8) is 0 Å². The van der Waals surface area contributed by atoms with Crippen LogP contribution in [0.1, 0.15) is 60.5 Å². The third-order valence-corrected chi connectivity index (χ3v) is 9.02. The number of para-hydroxylation sites is 1. The van der Waals surface area contributed by atoms with Gasteiger partial charge in [-0.2, -0.15) is 0 Å². The van der Waals surface area contributed by atoms with Gasteiger partial charge in [0.25, 0.3) is 5.91 Å². The fourth-order valence-corrected chi connectivity index (χ4v) is 7.11. The van der Waals surface area contributed by atoms with Gasteiger partial charge in [0, 0.05) is 41.7 Å². The van der Waals surface area contributed by atoms with Crippen LogP contribution < -0.4 is 15.4 Å². The molecule has 2 N–H and O–H groups in total. The van der Waals surface area contributed by atoms with Gasteiger partial charge in [0.2, 0.25) is 5.91 Å². The van der Waals surface area contributed by atoms with Gasteiger partial charge in [-0.05, 0) is 61.6 Å². The predicted octanol–water partition coefficient (Wildman–Crippen LogP) is 5.50. The number of anilines is 1. The van der Waals surface area contributed by atoms with Crippen LogP contribution in [0.5, 0.6) is 5.75 Å². The van der Waals surface area contributed by atoms with Crippen molar-refractivity contribution in [3.05, 3.63) is 84.0 Å². The van der Waals surface area contributed by atoms with Crippen molar-refractivity contribution in [1.29, 1.82) is 0 Å². The molecule has 6 rings (SSSR count). The van der Waals surface area contributed by atoms with E-state index in [-0.39, 0.29) is 29.8 Å². The minimum Gasteiger partial charge on any atom is -0.497 e. The molecule has 0 spiro atoms. The van der Waals surface area contributed by atoms with Gasteiger partial charge in [-0.3, -0.25) is 9.59 Å². The minimum atomic E-state index is -0.192. The lowest BCUT2D eigenvalue weighted by molar-refractivity contribution is -0.139. The Balaban J connectivity index is 1.23. The van der Waals surface area contributed by atoms with E-state index in [2.05, 4.69) is 64.1 Å². The second-order valence-electron chi connectivity index (χ2n) is 11.1. The van der Waals surface area contributed by atoms with Crippen LogP contribution in [0.15, 0.2) is 72.8 Å². The number of carbonyl (C=O) groups excluding carboxylic acids is 2. The Hall–Kier alpha value is -3.54. The summed E-state index contributed by atoms with van der Waals surface area (Å²) >= 11 is 0. The average molecular weight is 512 g/mol. The third kappa shape index (κ3) is 4.61. The topological polar surface area (TPSA) is 70.7 Å². The van der Waals surface area contributed by atoms with Gasteiger partial charge in [0.15, 0.2) is 0 Å². The van der Waals surface area contributed by atoms with E-state index >= 15 is 0 Å². The average Bonchev–Trinajstić information content (AvgIpc) is 3.43. The molecule has 0 radical (unpaired) electrons. The number of amides is 2. The zero-order valence-electron chi connectivity index (χ0n) is 22.0. The fraction of sp³-hybridized carbons (Fsp3) is 0.438. The standard InChI is InChI=1S/C32H37N3O3/c1-38-23-17-15-22(16-18-23)31(36)34-28-14-8-6-12-25(28)32(37)35-20-19-26-29(21-9-3-2-4-10-21)33-27-13-7-5-11-24(27)30(26)35/h2-5,7,9,11,13,15-18,21,25-26,28-30,33H,6,8,10,12,14,19-20H2,1H3,(H,34,36)/t21?,25-,26+,28+,29-,30-/m0/s1. The van der Waals surface area contributed by atoms with Crippen LogP contribution in [0.4, 0.5) is 5.69 Å². The molecule has 6 atom stereocenters. The van der Waals surface area contributed by atoms with Gasteiger partial charge in [0.1, 0.15) is 5.75 Å². The van der Waals surface area contributed by atoms with Crippen molar-refractivity contribution in [2.75, 3.05) is 19.0 Å². The van der Waals surface area contributed by atoms with Crippen LogP contribution in [0.25, 0.3) is 0 Å². The van der Waals surface area contributed by atoms with Crippen molar-refractivity contribution in [1.82, 2.24) is 10.2 Å². The number of fused-ring (bicyclic) bond motifs is 3. The van der Waals surface area contributed by atoms with Crippen LogP contribution in [-0.2, 0) is 4.79 Å². The number of nitrogens with zero attached hydrogens (tertiary/aromatic N) is 1. The van der Waals surface area contributed by atoms with Crippen LogP contribution in [-0.4, -0.2) is 42.5 Å². The molecule has 4 aliphatic rings. The number of ether oxygens (including phenoxy) is 1. The van der Waals surface area contributed by atoms with Gasteiger partial charge in [-0.1, -0.05) is 55.3 Å². The molecule has 6 nitrogen and oxygen atoms in total. The smallest absolute Gasteiger partial charge is 0.251 e. The Morgan fingerprint density at radius 2 is 1.82 bits per heavy atom. The van der Waals surface area contributed by atoms with Gasteiger partial charge in [-0.25, -0.2) is 0 Å². The lowest BCUT2D eigenvalue weighted by Gasteiger charge is -2.44. The van der Waals surface area contributed by atoms with E-state index in [9.17, 15) is 9.59 Å². The van der Waals surface area contributed by atoms with Crippen molar-refractivity contribution < 1.29 is 14.3 Å². The number of allylic oxidation sites excluding steroid dienone is 3. The van der Waals surface area contributed by atoms with Gasteiger partial charge in [-0.15, -0.1) is 0 Å². The summed E-state index contributed by atoms with van der Waals surface area (Å²) in [5.41, 5.74) is 2.97. The Labute approximate surface area is 225 Å². The summed E-state index contributed by atoms with van der Waals surface area (Å²) < 4.78 is 5.23. The van der Waals surface area contributed by atoms with E-state index in [4.69, 9.17) is 4.74 Å². The number of carbonyl (C=O) groups is 2. The zero-order valence-corrected chi connectivity index (χ0v) is 22.0. The summed E-state index contributed by atoms with van der Waals surface area (Å²) in [6.45, 7) is 0.766. The van der Waals surface area contributed by atoms with Crippen LogP contribution in [0.3, 0.4) is 0 Å². The third-order valence-electron chi connectivity index (χ3n) is 9.02. The number of benzene rings is 2. The highest BCUT2D eigenvalue weighted by Crippen LogP contribution is 2.49. The van der Waals surface area contributed by atoms with Gasteiger partial charge >= 0.3 is 0 Å². The first-order valence-electron chi connectivity index (χ1n) is 14.1. The largest absolute Gasteiger partial charge is 0.497 e. The summed E-state index contributed by atoms with van der Waals surface area (Å²) in [5.74, 6) is 1.39. The molecule has 1 saturated heterocycles. The van der Waals surface area contributed by atoms with E-state index in [1.165, 1.54) is 5.56 Å². The number of nitrogens with one attached hydrogen (secondary N) is 2. The highest BCUT2D eigenvalue weighted by atomic mass is 16.5. The SMILES string of the molecule is COc1ccc(C(=O)N[C@@H]2CCCC[C@@H]2C(=O)N2CC[C@@H]3[C@H](C4C=CC=CC4)Nc4ccccc4[C@@H]32)cc1. The molecule has 38 heavy (non-hydrogen) atoms. The van der Waals surface area contributed by atoms with E-state index in [0.717, 1.165) is 56.5 Å². The summed E-state index contributed by atoms with van der Waals surface area (Å²) in [4.78, 5) is 29.5. The normalized spacial score (nSPS) is 29.7. The van der Waals surface area contributed by atoms with Crippen molar-refractivity contribution in [2.45, 2.75) is 56.7 Å². The quantitative estimate of drug-likeness (QED) is 0.556. The zero-order chi connectivity index (χ0) is 26.1. The maximum atomic E-state index is 14.3. The van der Waals surface area contributed by atoms with Crippen LogP contribution >= 0.6 is 0 Å². The molecule has 1 unspecified atom stereocenters. The molecule has 6 heteroatoms. The summed E-state index contributed by atoms with van der Waals surface area (Å²) in [6.07, 6.45) is 14.6. The lowest BCUT2D eigenvalue weighted by Crippen LogP contribution is -2.51. The molecule has 2 fully saturated rings. The number of hydrogen-bond acceptors (Lipinski definition) is 4. The molecule has 2 aliphatic heterocycles.